The number of aromatic hydroxyl groups is 1. The Morgan fingerprint density at radius 1 is 0.873 bits per heavy atom. The lowest BCUT2D eigenvalue weighted by Gasteiger charge is -2.43. The van der Waals surface area contributed by atoms with Gasteiger partial charge in [0, 0.05) is 55.6 Å². The van der Waals surface area contributed by atoms with E-state index in [0.717, 1.165) is 24.7 Å². The predicted molar refractivity (Wildman–Crippen MR) is 194 cm³/mol. The van der Waals surface area contributed by atoms with Gasteiger partial charge in [-0.15, -0.1) is 0 Å². The quantitative estimate of drug-likeness (QED) is 0.0909. The van der Waals surface area contributed by atoms with E-state index in [1.165, 1.54) is 19.2 Å². The first-order chi connectivity index (χ1) is 26.3. The van der Waals surface area contributed by atoms with Crippen molar-refractivity contribution < 1.29 is 69.0 Å². The average Bonchev–Trinajstić information content (AvgIpc) is 3.19. The largest absolute Gasteiger partial charge is 0.507 e. The number of piperazine rings is 1. The number of fused-ring (bicyclic) bond motifs is 1. The summed E-state index contributed by atoms with van der Waals surface area (Å²) in [6.07, 6.45) is -16.9. The van der Waals surface area contributed by atoms with Gasteiger partial charge < -0.3 is 74.0 Å². The summed E-state index contributed by atoms with van der Waals surface area (Å²) in [5.74, 6) is -0.483. The molecule has 17 heteroatoms. The van der Waals surface area contributed by atoms with Crippen molar-refractivity contribution in [2.24, 2.45) is 0 Å². The van der Waals surface area contributed by atoms with Crippen molar-refractivity contribution in [3.8, 4) is 34.3 Å². The van der Waals surface area contributed by atoms with Crippen LogP contribution in [0.5, 0.6) is 23.0 Å². The number of hydrogen-bond donors (Lipinski definition) is 8. The van der Waals surface area contributed by atoms with E-state index in [0.29, 0.717) is 37.5 Å². The van der Waals surface area contributed by atoms with Crippen molar-refractivity contribution in [1.29, 1.82) is 0 Å². The summed E-state index contributed by atoms with van der Waals surface area (Å²) in [6, 6.07) is 18.0. The van der Waals surface area contributed by atoms with Crippen molar-refractivity contribution in [2.45, 2.75) is 62.0 Å². The van der Waals surface area contributed by atoms with E-state index in [1.807, 2.05) is 30.3 Å². The number of rotatable bonds is 12. The Balaban J connectivity index is 1.19. The number of carbonyl (C=O) groups is 1. The number of nitrogens with zero attached hydrogens (tertiary/aromatic N) is 2. The molecule has 0 bridgehead atoms. The summed E-state index contributed by atoms with van der Waals surface area (Å²) in [7, 11) is 1.43. The number of anilines is 1. The zero-order chi connectivity index (χ0) is 39.6. The highest BCUT2D eigenvalue weighted by Crippen LogP contribution is 2.36. The molecule has 1 aromatic heterocycles. The highest BCUT2D eigenvalue weighted by atomic mass is 16.7. The molecular weight excluding hydrogens is 724 g/mol. The maximum Gasteiger partial charge on any atom is 0.260 e. The van der Waals surface area contributed by atoms with Gasteiger partial charge in [-0.25, -0.2) is 0 Å². The van der Waals surface area contributed by atoms with Gasteiger partial charge >= 0.3 is 0 Å². The van der Waals surface area contributed by atoms with Crippen molar-refractivity contribution >= 4 is 22.6 Å². The highest BCUT2D eigenvalue weighted by molar-refractivity contribution is 5.86. The van der Waals surface area contributed by atoms with Crippen LogP contribution in [0.4, 0.5) is 5.69 Å². The van der Waals surface area contributed by atoms with Crippen LogP contribution in [-0.2, 0) is 9.53 Å². The molecule has 0 aliphatic carbocycles. The van der Waals surface area contributed by atoms with E-state index in [1.54, 1.807) is 17.0 Å². The number of methoxy groups -OCH3 is 1. The molecule has 3 aromatic carbocycles. The minimum absolute atomic E-state index is 0.0336. The molecule has 4 aromatic rings. The highest BCUT2D eigenvalue weighted by Gasteiger charge is 2.50. The van der Waals surface area contributed by atoms with Gasteiger partial charge in [-0.2, -0.15) is 0 Å². The van der Waals surface area contributed by atoms with E-state index in [2.05, 4.69) is 4.90 Å². The number of benzene rings is 3. The van der Waals surface area contributed by atoms with Crippen molar-refractivity contribution in [3.63, 3.8) is 0 Å². The lowest BCUT2D eigenvalue weighted by atomic mass is 9.90. The second-order valence-electron chi connectivity index (χ2n) is 13.4. The van der Waals surface area contributed by atoms with E-state index in [4.69, 9.17) is 23.4 Å². The molecule has 0 spiro atoms. The van der Waals surface area contributed by atoms with Crippen LogP contribution in [0.2, 0.25) is 0 Å². The summed E-state index contributed by atoms with van der Waals surface area (Å²) in [5.41, 5.74) is 0.633. The molecule has 6 rings (SSSR count). The van der Waals surface area contributed by atoms with Crippen LogP contribution in [0.15, 0.2) is 75.9 Å². The Labute approximate surface area is 314 Å². The van der Waals surface area contributed by atoms with Gasteiger partial charge in [0.1, 0.15) is 71.0 Å². The second-order valence-corrected chi connectivity index (χ2v) is 13.4. The molecule has 2 aliphatic heterocycles. The zero-order valence-electron chi connectivity index (χ0n) is 29.9. The molecule has 1 amide bonds. The molecule has 0 radical (unpaired) electrons. The maximum atomic E-state index is 13.2. The number of hydrogen-bond acceptors (Lipinski definition) is 16. The minimum Gasteiger partial charge on any atom is -0.507 e. The van der Waals surface area contributed by atoms with E-state index in [-0.39, 0.29) is 40.7 Å². The SMILES string of the molecule is COc1ccc(-c2cc(=O)c3c(O)cc(OC4O[C@H]([C@H](O)[C@@H](O)[C@H](O)[C@@H](C)O)[C@@H](O)[C@H](O)[C@H]4O)cc3o2)cc1OCC(=O)N1CCN(c2ccccc2)CC1. The lowest BCUT2D eigenvalue weighted by Crippen LogP contribution is -2.64. The third-order valence-corrected chi connectivity index (χ3v) is 9.73. The molecule has 55 heavy (non-hydrogen) atoms. The molecule has 17 nitrogen and oxygen atoms in total. The van der Waals surface area contributed by atoms with Gasteiger partial charge in [0.05, 0.1) is 13.2 Å². The molecule has 296 valence electrons. The van der Waals surface area contributed by atoms with Crippen LogP contribution < -0.4 is 24.5 Å². The topological polar surface area (TPSA) is 253 Å². The number of phenols is 1. The molecule has 2 fully saturated rings. The smallest absolute Gasteiger partial charge is 0.260 e. The van der Waals surface area contributed by atoms with Gasteiger partial charge in [0.15, 0.2) is 23.5 Å². The van der Waals surface area contributed by atoms with Crippen LogP contribution in [0.1, 0.15) is 6.92 Å². The molecule has 0 saturated carbocycles. The maximum absolute atomic E-state index is 13.2. The monoisotopic (exact) mass is 768 g/mol. The van der Waals surface area contributed by atoms with Gasteiger partial charge in [0.25, 0.3) is 5.91 Å². The summed E-state index contributed by atoms with van der Waals surface area (Å²) in [5, 5.41) is 82.7. The van der Waals surface area contributed by atoms with Crippen LogP contribution in [0, 0.1) is 0 Å². The molecule has 2 saturated heterocycles. The molecule has 9 atom stereocenters. The molecular formula is C38H44N2O15. The van der Waals surface area contributed by atoms with Crippen molar-refractivity contribution in [2.75, 3.05) is 44.8 Å². The van der Waals surface area contributed by atoms with Crippen molar-refractivity contribution in [3.05, 3.63) is 77.0 Å². The van der Waals surface area contributed by atoms with Gasteiger partial charge in [0.2, 0.25) is 6.29 Å². The molecule has 8 N–H and O–H groups in total. The Morgan fingerprint density at radius 3 is 2.25 bits per heavy atom. The molecule has 1 unspecified atom stereocenters. The Hall–Kier alpha value is -4.98. The third kappa shape index (κ3) is 8.48. The minimum atomic E-state index is -2.06. The Bertz CT molecular complexity index is 2000. The fourth-order valence-electron chi connectivity index (χ4n) is 6.55. The Kier molecular flexibility index (Phi) is 12.1. The number of para-hydroxylation sites is 1. The summed E-state index contributed by atoms with van der Waals surface area (Å²) >= 11 is 0. The third-order valence-electron chi connectivity index (χ3n) is 9.73. The summed E-state index contributed by atoms with van der Waals surface area (Å²) in [6.45, 7) is 3.24. The predicted octanol–water partition coefficient (Wildman–Crippen LogP) is -0.448. The van der Waals surface area contributed by atoms with Crippen LogP contribution in [0.3, 0.4) is 0 Å². The number of ether oxygens (including phenoxy) is 4. The fourth-order valence-corrected chi connectivity index (χ4v) is 6.55. The van der Waals surface area contributed by atoms with E-state index >= 15 is 0 Å². The molecule has 2 aliphatic rings. The van der Waals surface area contributed by atoms with Gasteiger partial charge in [-0.3, -0.25) is 9.59 Å². The first kappa shape index (κ1) is 39.7. The molecule has 3 heterocycles. The van der Waals surface area contributed by atoms with Crippen molar-refractivity contribution in [1.82, 2.24) is 4.90 Å². The number of phenolic OH excluding ortho intramolecular Hbond substituents is 1. The summed E-state index contributed by atoms with van der Waals surface area (Å²) < 4.78 is 28.5. The zero-order valence-corrected chi connectivity index (χ0v) is 29.9. The number of amides is 1. The van der Waals surface area contributed by atoms with Crippen LogP contribution in [0.25, 0.3) is 22.3 Å². The number of carbonyl (C=O) groups excluding carboxylic acids is 1. The lowest BCUT2D eigenvalue weighted by molar-refractivity contribution is -0.298. The fraction of sp³-hybridized carbons (Fsp3) is 0.421. The standard InChI is InChI=1S/C38H44N2O15/c1-19(41)31(45)32(46)34(48)37-35(49)33(47)36(50)38(55-37)53-22-15-23(42)30-24(43)17-26(54-28(30)16-22)20-8-9-25(51-2)27(14-20)52-18-29(44)40-12-10-39(11-13-40)21-6-4-3-5-7-21/h3-9,14-17,19,31-38,41-42,45-50H,10-13,18H2,1-2H3/t19-,31-,32+,33+,34-,35+,36-,37-,38?/m1/s1. The number of aliphatic hydroxyl groups is 7. The number of aliphatic hydroxyl groups excluding tert-OH is 7. The van der Waals surface area contributed by atoms with E-state index < -0.39 is 66.3 Å². The van der Waals surface area contributed by atoms with Gasteiger partial charge in [-0.05, 0) is 37.3 Å². The van der Waals surface area contributed by atoms with E-state index in [9.17, 15) is 50.4 Å². The van der Waals surface area contributed by atoms with Crippen LogP contribution >= 0.6 is 0 Å². The first-order valence-electron chi connectivity index (χ1n) is 17.6. The summed E-state index contributed by atoms with van der Waals surface area (Å²) in [4.78, 5) is 30.3. The first-order valence-corrected chi connectivity index (χ1v) is 17.6. The van der Waals surface area contributed by atoms with Crippen LogP contribution in [-0.4, -0.2) is 147 Å². The average molecular weight is 769 g/mol. The normalized spacial score (nSPS) is 23.8. The van der Waals surface area contributed by atoms with Gasteiger partial charge in [-0.1, -0.05) is 18.2 Å². The Morgan fingerprint density at radius 2 is 1.58 bits per heavy atom. The second kappa shape index (κ2) is 16.8.